The van der Waals surface area contributed by atoms with E-state index in [0.717, 1.165) is 0 Å². The van der Waals surface area contributed by atoms with Crippen molar-refractivity contribution >= 4 is 23.7 Å². The zero-order chi connectivity index (χ0) is 18.5. The molecular weight excluding hydrogens is 343 g/mol. The van der Waals surface area contributed by atoms with Crippen LogP contribution in [0.15, 0.2) is 24.3 Å². The van der Waals surface area contributed by atoms with E-state index in [-0.39, 0.29) is 5.41 Å². The molecule has 1 fully saturated rings. The first-order valence-corrected chi connectivity index (χ1v) is 13.6. The largest absolute Gasteiger partial charge is 0.358 e. The molecular formula is C21H37N2PS. The highest BCUT2D eigenvalue weighted by atomic mass is 32.4. The molecule has 1 saturated heterocycles. The predicted octanol–water partition coefficient (Wildman–Crippen LogP) is 5.93. The summed E-state index contributed by atoms with van der Waals surface area (Å²) in [4.78, 5) is 2.68. The lowest BCUT2D eigenvalue weighted by Gasteiger charge is -2.45. The molecule has 1 aromatic rings. The minimum absolute atomic E-state index is 0.266. The van der Waals surface area contributed by atoms with E-state index in [1.807, 2.05) is 0 Å². The second-order valence-electron chi connectivity index (χ2n) is 8.47. The van der Waals surface area contributed by atoms with Crippen molar-refractivity contribution < 1.29 is 0 Å². The van der Waals surface area contributed by atoms with Crippen molar-refractivity contribution in [3.05, 3.63) is 29.8 Å². The standard InChI is InChI=1S/C21H37N2PS/c1-6-7-8-9-14-23-15-13-21(3,18(2)17-23)19-11-10-12-20(16-19)22-24(4,5)25/h10-12,16,18H,6-9,13-15,17H2,1-5H3,(H,22,25). The first-order chi connectivity index (χ1) is 11.7. The summed E-state index contributed by atoms with van der Waals surface area (Å²) < 4.78 is 0. The summed E-state index contributed by atoms with van der Waals surface area (Å²) in [6.45, 7) is 15.2. The van der Waals surface area contributed by atoms with Crippen LogP contribution in [0, 0.1) is 5.92 Å². The highest BCUT2D eigenvalue weighted by Crippen LogP contribution is 2.42. The molecule has 2 atom stereocenters. The summed E-state index contributed by atoms with van der Waals surface area (Å²) in [5.74, 6) is 0.675. The lowest BCUT2D eigenvalue weighted by Crippen LogP contribution is -2.47. The third-order valence-corrected chi connectivity index (χ3v) is 6.89. The van der Waals surface area contributed by atoms with E-state index in [4.69, 9.17) is 11.8 Å². The molecule has 1 heterocycles. The maximum Gasteiger partial charge on any atom is 0.0380 e. The number of anilines is 1. The summed E-state index contributed by atoms with van der Waals surface area (Å²) >= 11 is 5.59. The van der Waals surface area contributed by atoms with Gasteiger partial charge < -0.3 is 9.99 Å². The van der Waals surface area contributed by atoms with E-state index in [0.29, 0.717) is 5.92 Å². The zero-order valence-corrected chi connectivity index (χ0v) is 18.6. The Morgan fingerprint density at radius 2 is 2.04 bits per heavy atom. The number of benzene rings is 1. The summed E-state index contributed by atoms with van der Waals surface area (Å²) in [5.41, 5.74) is 2.93. The number of nitrogens with one attached hydrogen (secondary N) is 1. The van der Waals surface area contributed by atoms with Crippen molar-refractivity contribution in [2.45, 2.75) is 58.3 Å². The monoisotopic (exact) mass is 380 g/mol. The number of hydrogen-bond acceptors (Lipinski definition) is 2. The molecule has 0 radical (unpaired) electrons. The van der Waals surface area contributed by atoms with Gasteiger partial charge in [-0.1, -0.05) is 64.0 Å². The number of hydrogen-bond donors (Lipinski definition) is 1. The molecule has 0 bridgehead atoms. The normalized spacial score (nSPS) is 25.1. The maximum absolute atomic E-state index is 5.59. The minimum Gasteiger partial charge on any atom is -0.358 e. The average Bonchev–Trinajstić information content (AvgIpc) is 2.53. The van der Waals surface area contributed by atoms with Crippen LogP contribution in [0.4, 0.5) is 5.69 Å². The SMILES string of the molecule is CCCCCCN1CCC(C)(c2cccc(NP(C)(C)=S)c2)C(C)C1. The van der Waals surface area contributed by atoms with Crippen molar-refractivity contribution in [2.24, 2.45) is 5.92 Å². The van der Waals surface area contributed by atoms with E-state index in [1.165, 1.54) is 63.0 Å². The molecule has 0 saturated carbocycles. The van der Waals surface area contributed by atoms with Crippen LogP contribution in [0.25, 0.3) is 0 Å². The quantitative estimate of drug-likeness (QED) is 0.444. The number of piperidine rings is 1. The average molecular weight is 381 g/mol. The Morgan fingerprint density at radius 3 is 2.68 bits per heavy atom. The molecule has 1 aliphatic rings. The van der Waals surface area contributed by atoms with Crippen LogP contribution in [0.5, 0.6) is 0 Å². The Labute approximate surface area is 160 Å². The maximum atomic E-state index is 5.59. The van der Waals surface area contributed by atoms with Gasteiger partial charge in [0.1, 0.15) is 0 Å². The van der Waals surface area contributed by atoms with Crippen molar-refractivity contribution in [1.82, 2.24) is 4.90 Å². The van der Waals surface area contributed by atoms with Crippen LogP contribution in [0.3, 0.4) is 0 Å². The van der Waals surface area contributed by atoms with Crippen LogP contribution >= 0.6 is 6.19 Å². The van der Waals surface area contributed by atoms with Crippen molar-refractivity contribution in [1.29, 1.82) is 0 Å². The Hall–Kier alpha value is -0.370. The van der Waals surface area contributed by atoms with E-state index in [1.54, 1.807) is 0 Å². The second kappa shape index (κ2) is 9.02. The summed E-state index contributed by atoms with van der Waals surface area (Å²) in [5, 5.41) is 3.56. The number of likely N-dealkylation sites (tertiary alicyclic amines) is 1. The van der Waals surface area contributed by atoms with Crippen molar-refractivity contribution in [3.8, 4) is 0 Å². The molecule has 1 N–H and O–H groups in total. The molecule has 2 nitrogen and oxygen atoms in total. The molecule has 142 valence electrons. The Morgan fingerprint density at radius 1 is 1.28 bits per heavy atom. The van der Waals surface area contributed by atoms with Gasteiger partial charge in [0.15, 0.2) is 0 Å². The lowest BCUT2D eigenvalue weighted by atomic mass is 9.68. The van der Waals surface area contributed by atoms with Crippen LogP contribution in [-0.4, -0.2) is 37.9 Å². The van der Waals surface area contributed by atoms with Crippen LogP contribution < -0.4 is 5.09 Å². The number of rotatable bonds is 8. The highest BCUT2D eigenvalue weighted by molar-refractivity contribution is 8.14. The van der Waals surface area contributed by atoms with Gasteiger partial charge in [-0.3, -0.25) is 0 Å². The van der Waals surface area contributed by atoms with E-state index >= 15 is 0 Å². The van der Waals surface area contributed by atoms with Gasteiger partial charge in [0, 0.05) is 18.4 Å². The van der Waals surface area contributed by atoms with E-state index < -0.39 is 6.19 Å². The van der Waals surface area contributed by atoms with Crippen molar-refractivity contribution in [2.75, 3.05) is 38.1 Å². The van der Waals surface area contributed by atoms with Gasteiger partial charge in [-0.15, -0.1) is 0 Å². The number of nitrogens with zero attached hydrogens (tertiary/aromatic N) is 1. The fraction of sp³-hybridized carbons (Fsp3) is 0.714. The van der Waals surface area contributed by atoms with Crippen LogP contribution in [0.2, 0.25) is 0 Å². The first kappa shape index (κ1) is 20.9. The molecule has 0 aliphatic carbocycles. The van der Waals surface area contributed by atoms with Gasteiger partial charge in [-0.2, -0.15) is 0 Å². The molecule has 0 spiro atoms. The fourth-order valence-corrected chi connectivity index (χ4v) is 5.04. The van der Waals surface area contributed by atoms with Gasteiger partial charge >= 0.3 is 0 Å². The number of unbranched alkanes of at least 4 members (excludes halogenated alkanes) is 3. The van der Waals surface area contributed by atoms with E-state index in [9.17, 15) is 0 Å². The first-order valence-electron chi connectivity index (χ1n) is 9.91. The molecule has 1 aromatic carbocycles. The van der Waals surface area contributed by atoms with Gasteiger partial charge in [0.25, 0.3) is 0 Å². The minimum atomic E-state index is -1.44. The third kappa shape index (κ3) is 6.08. The molecule has 4 heteroatoms. The van der Waals surface area contributed by atoms with Crippen molar-refractivity contribution in [3.63, 3.8) is 0 Å². The van der Waals surface area contributed by atoms with Gasteiger partial charge in [0.2, 0.25) is 0 Å². The van der Waals surface area contributed by atoms with Gasteiger partial charge in [-0.25, -0.2) is 0 Å². The molecule has 0 aromatic heterocycles. The Balaban J connectivity index is 2.02. The zero-order valence-electron chi connectivity index (χ0n) is 16.8. The Bertz CT molecular complexity index is 597. The summed E-state index contributed by atoms with van der Waals surface area (Å²) in [6, 6.07) is 9.01. The Kier molecular flexibility index (Phi) is 7.55. The van der Waals surface area contributed by atoms with Gasteiger partial charge in [-0.05, 0) is 68.3 Å². The molecule has 0 amide bonds. The third-order valence-electron chi connectivity index (χ3n) is 5.82. The van der Waals surface area contributed by atoms with Crippen LogP contribution in [0.1, 0.15) is 58.4 Å². The molecule has 25 heavy (non-hydrogen) atoms. The topological polar surface area (TPSA) is 15.3 Å². The smallest absolute Gasteiger partial charge is 0.0380 e. The predicted molar refractivity (Wildman–Crippen MR) is 118 cm³/mol. The summed E-state index contributed by atoms with van der Waals surface area (Å²) in [7, 11) is 0. The highest BCUT2D eigenvalue weighted by Gasteiger charge is 2.37. The van der Waals surface area contributed by atoms with Gasteiger partial charge in [0.05, 0.1) is 0 Å². The molecule has 2 rings (SSSR count). The second-order valence-corrected chi connectivity index (χ2v) is 14.1. The van der Waals surface area contributed by atoms with E-state index in [2.05, 4.69) is 68.4 Å². The lowest BCUT2D eigenvalue weighted by molar-refractivity contribution is 0.109. The fourth-order valence-electron chi connectivity index (χ4n) is 3.97. The van der Waals surface area contributed by atoms with Crippen LogP contribution in [-0.2, 0) is 17.2 Å². The summed E-state index contributed by atoms with van der Waals surface area (Å²) in [6.07, 6.45) is 5.25. The molecule has 2 unspecified atom stereocenters. The molecule has 1 aliphatic heterocycles.